The van der Waals surface area contributed by atoms with Crippen LogP contribution in [0, 0.1) is 6.92 Å². The van der Waals surface area contributed by atoms with Gasteiger partial charge in [-0.1, -0.05) is 53.7 Å². The molecule has 0 bridgehead atoms. The lowest BCUT2D eigenvalue weighted by Gasteiger charge is -2.30. The van der Waals surface area contributed by atoms with Gasteiger partial charge in [-0.25, -0.2) is 0 Å². The predicted molar refractivity (Wildman–Crippen MR) is 105 cm³/mol. The second kappa shape index (κ2) is 7.56. The molecule has 2 heterocycles. The molecular weight excluding hydrogens is 358 g/mol. The molecule has 6 heteroatoms. The highest BCUT2D eigenvalue weighted by atomic mass is 32.2. The highest BCUT2D eigenvalue weighted by Crippen LogP contribution is 2.28. The van der Waals surface area contributed by atoms with Gasteiger partial charge in [-0.05, 0) is 43.5 Å². The van der Waals surface area contributed by atoms with E-state index >= 15 is 0 Å². The van der Waals surface area contributed by atoms with E-state index in [1.165, 1.54) is 28.5 Å². The minimum absolute atomic E-state index is 0.101. The maximum atomic E-state index is 12.8. The average molecular weight is 379 g/mol. The Labute approximate surface area is 162 Å². The van der Waals surface area contributed by atoms with Crippen LogP contribution in [0.25, 0.3) is 11.5 Å². The molecule has 5 nitrogen and oxygen atoms in total. The van der Waals surface area contributed by atoms with E-state index in [4.69, 9.17) is 4.42 Å². The third-order valence-corrected chi connectivity index (χ3v) is 5.69. The molecule has 0 fully saturated rings. The summed E-state index contributed by atoms with van der Waals surface area (Å²) < 4.78 is 5.74. The number of hydrogen-bond donors (Lipinski definition) is 0. The van der Waals surface area contributed by atoms with Gasteiger partial charge in [-0.15, -0.1) is 10.2 Å². The lowest BCUT2D eigenvalue weighted by atomic mass is 10.00. The third-order valence-electron chi connectivity index (χ3n) is 4.77. The van der Waals surface area contributed by atoms with Gasteiger partial charge in [0, 0.05) is 18.7 Å². The van der Waals surface area contributed by atoms with E-state index in [9.17, 15) is 4.79 Å². The number of rotatable bonds is 4. The van der Waals surface area contributed by atoms with Crippen molar-refractivity contribution in [3.05, 3.63) is 65.2 Å². The van der Waals surface area contributed by atoms with Crippen molar-refractivity contribution in [2.24, 2.45) is 0 Å². The van der Waals surface area contributed by atoms with Crippen LogP contribution in [0.4, 0.5) is 0 Å². The minimum atomic E-state index is -0.276. The number of aryl methyl sites for hydroxylation is 1. The SMILES string of the molecule is Cc1ccc(-c2nnc(S[C@@H](C)C(=O)N3CCc4ccccc4C3)o2)cc1. The van der Waals surface area contributed by atoms with Gasteiger partial charge in [0.1, 0.15) is 0 Å². The monoisotopic (exact) mass is 379 g/mol. The van der Waals surface area contributed by atoms with Crippen molar-refractivity contribution >= 4 is 17.7 Å². The zero-order valence-corrected chi connectivity index (χ0v) is 16.2. The van der Waals surface area contributed by atoms with E-state index in [0.29, 0.717) is 17.7 Å². The molecule has 1 amide bonds. The summed E-state index contributed by atoms with van der Waals surface area (Å²) in [4.78, 5) is 14.8. The molecule has 138 valence electrons. The molecule has 0 spiro atoms. The number of amides is 1. The first-order valence-corrected chi connectivity index (χ1v) is 9.91. The van der Waals surface area contributed by atoms with E-state index in [1.54, 1.807) is 0 Å². The summed E-state index contributed by atoms with van der Waals surface area (Å²) in [6.45, 7) is 5.34. The van der Waals surface area contributed by atoms with Crippen LogP contribution in [0.3, 0.4) is 0 Å². The molecule has 0 N–H and O–H groups in total. The Morgan fingerprint density at radius 2 is 1.85 bits per heavy atom. The van der Waals surface area contributed by atoms with Gasteiger partial charge >= 0.3 is 0 Å². The lowest BCUT2D eigenvalue weighted by molar-refractivity contribution is -0.131. The first-order chi connectivity index (χ1) is 13.1. The summed E-state index contributed by atoms with van der Waals surface area (Å²) >= 11 is 1.31. The summed E-state index contributed by atoms with van der Waals surface area (Å²) in [6, 6.07) is 16.2. The molecule has 27 heavy (non-hydrogen) atoms. The topological polar surface area (TPSA) is 59.2 Å². The second-order valence-corrected chi connectivity index (χ2v) is 8.07. The van der Waals surface area contributed by atoms with Crippen LogP contribution in [0.1, 0.15) is 23.6 Å². The van der Waals surface area contributed by atoms with Crippen LogP contribution < -0.4 is 0 Å². The van der Waals surface area contributed by atoms with E-state index in [2.05, 4.69) is 28.4 Å². The van der Waals surface area contributed by atoms with E-state index in [-0.39, 0.29) is 11.2 Å². The molecule has 0 aliphatic carbocycles. The maximum Gasteiger partial charge on any atom is 0.277 e. The maximum absolute atomic E-state index is 12.8. The molecule has 1 atom stereocenters. The fourth-order valence-electron chi connectivity index (χ4n) is 3.21. The number of nitrogens with zero attached hydrogens (tertiary/aromatic N) is 3. The fraction of sp³-hybridized carbons (Fsp3) is 0.286. The molecule has 3 aromatic rings. The quantitative estimate of drug-likeness (QED) is 0.639. The Hall–Kier alpha value is -2.60. The zero-order valence-electron chi connectivity index (χ0n) is 15.4. The smallest absolute Gasteiger partial charge is 0.277 e. The fourth-order valence-corrected chi connectivity index (χ4v) is 3.98. The Bertz CT molecular complexity index is 952. The number of aromatic nitrogens is 2. The van der Waals surface area contributed by atoms with Crippen molar-refractivity contribution in [2.45, 2.75) is 37.3 Å². The molecular formula is C21H21N3O2S. The molecule has 0 radical (unpaired) electrons. The molecule has 0 saturated heterocycles. The van der Waals surface area contributed by atoms with Crippen molar-refractivity contribution in [3.63, 3.8) is 0 Å². The Morgan fingerprint density at radius 1 is 1.11 bits per heavy atom. The molecule has 0 saturated carbocycles. The van der Waals surface area contributed by atoms with Crippen molar-refractivity contribution in [1.82, 2.24) is 15.1 Å². The van der Waals surface area contributed by atoms with Crippen LogP contribution in [0.15, 0.2) is 58.2 Å². The number of carbonyl (C=O) groups excluding carboxylic acids is 1. The normalized spacial score (nSPS) is 14.7. The molecule has 1 aliphatic heterocycles. The highest BCUT2D eigenvalue weighted by molar-refractivity contribution is 8.00. The first-order valence-electron chi connectivity index (χ1n) is 9.03. The van der Waals surface area contributed by atoms with Crippen LogP contribution >= 0.6 is 11.8 Å². The van der Waals surface area contributed by atoms with Gasteiger partial charge in [0.15, 0.2) is 0 Å². The number of carbonyl (C=O) groups is 1. The number of thioether (sulfide) groups is 1. The average Bonchev–Trinajstić information content (AvgIpc) is 3.16. The van der Waals surface area contributed by atoms with Crippen LogP contribution in [0.2, 0.25) is 0 Å². The molecule has 1 aromatic heterocycles. The molecule has 2 aromatic carbocycles. The van der Waals surface area contributed by atoms with Crippen LogP contribution in [0.5, 0.6) is 0 Å². The Balaban J connectivity index is 1.41. The summed E-state index contributed by atoms with van der Waals surface area (Å²) in [5.41, 5.74) is 4.62. The largest absolute Gasteiger partial charge is 0.411 e. The lowest BCUT2D eigenvalue weighted by Crippen LogP contribution is -2.40. The van der Waals surface area contributed by atoms with Crippen molar-refractivity contribution in [1.29, 1.82) is 0 Å². The second-order valence-electron chi connectivity index (χ2n) is 6.78. The third kappa shape index (κ3) is 3.90. The van der Waals surface area contributed by atoms with Crippen molar-refractivity contribution in [2.75, 3.05) is 6.54 Å². The van der Waals surface area contributed by atoms with Gasteiger partial charge < -0.3 is 9.32 Å². The van der Waals surface area contributed by atoms with Gasteiger partial charge in [0.25, 0.3) is 5.22 Å². The van der Waals surface area contributed by atoms with Crippen molar-refractivity contribution in [3.8, 4) is 11.5 Å². The van der Waals surface area contributed by atoms with Gasteiger partial charge in [0.2, 0.25) is 11.8 Å². The van der Waals surface area contributed by atoms with Crippen LogP contribution in [-0.2, 0) is 17.8 Å². The van der Waals surface area contributed by atoms with Crippen LogP contribution in [-0.4, -0.2) is 32.8 Å². The Morgan fingerprint density at radius 3 is 2.63 bits per heavy atom. The summed E-state index contributed by atoms with van der Waals surface area (Å²) in [5, 5.41) is 8.35. The molecule has 4 rings (SSSR count). The number of benzene rings is 2. The molecule has 1 aliphatic rings. The van der Waals surface area contributed by atoms with Crippen molar-refractivity contribution < 1.29 is 9.21 Å². The van der Waals surface area contributed by atoms with E-state index in [1.807, 2.05) is 49.1 Å². The summed E-state index contributed by atoms with van der Waals surface area (Å²) in [7, 11) is 0. The van der Waals surface area contributed by atoms with Gasteiger partial charge in [-0.2, -0.15) is 0 Å². The Kier molecular flexibility index (Phi) is 4.99. The van der Waals surface area contributed by atoms with Gasteiger partial charge in [-0.3, -0.25) is 4.79 Å². The zero-order chi connectivity index (χ0) is 18.8. The summed E-state index contributed by atoms with van der Waals surface area (Å²) in [5.74, 6) is 0.577. The number of hydrogen-bond acceptors (Lipinski definition) is 5. The van der Waals surface area contributed by atoms with E-state index in [0.717, 1.165) is 18.5 Å². The summed E-state index contributed by atoms with van der Waals surface area (Å²) in [6.07, 6.45) is 0.900. The first kappa shape index (κ1) is 17.8. The predicted octanol–water partition coefficient (Wildman–Crippen LogP) is 4.11. The van der Waals surface area contributed by atoms with Gasteiger partial charge in [0.05, 0.1) is 5.25 Å². The minimum Gasteiger partial charge on any atom is -0.411 e. The van der Waals surface area contributed by atoms with E-state index < -0.39 is 0 Å². The number of fused-ring (bicyclic) bond motifs is 1. The standard InChI is InChI=1S/C21H21N3O2S/c1-14-7-9-17(10-8-14)19-22-23-21(26-19)27-15(2)20(25)24-12-11-16-5-3-4-6-18(16)13-24/h3-10,15H,11-13H2,1-2H3/t15-/m0/s1. The molecule has 0 unspecified atom stereocenters. The highest BCUT2D eigenvalue weighted by Gasteiger charge is 2.26.